The lowest BCUT2D eigenvalue weighted by Crippen LogP contribution is -2.17. The summed E-state index contributed by atoms with van der Waals surface area (Å²) >= 11 is 5.78. The summed E-state index contributed by atoms with van der Waals surface area (Å²) in [5, 5.41) is -1.05. The van der Waals surface area contributed by atoms with Gasteiger partial charge in [0.15, 0.2) is 5.38 Å². The number of hydrogen-bond donors (Lipinski definition) is 0. The summed E-state index contributed by atoms with van der Waals surface area (Å²) in [6.07, 6.45) is -4.75. The summed E-state index contributed by atoms with van der Waals surface area (Å²) < 4.78 is 44.1. The second-order valence-electron chi connectivity index (χ2n) is 3.23. The van der Waals surface area contributed by atoms with Gasteiger partial charge in [0.1, 0.15) is 5.75 Å². The minimum absolute atomic E-state index is 0.178. The highest BCUT2D eigenvalue weighted by Gasteiger charge is 2.31. The van der Waals surface area contributed by atoms with Gasteiger partial charge in [0, 0.05) is 0 Å². The van der Waals surface area contributed by atoms with E-state index >= 15 is 0 Å². The molecule has 0 fully saturated rings. The van der Waals surface area contributed by atoms with Gasteiger partial charge in [0.05, 0.1) is 6.61 Å². The molecule has 3 nitrogen and oxygen atoms in total. The fourth-order valence-corrected chi connectivity index (χ4v) is 1.40. The summed E-state index contributed by atoms with van der Waals surface area (Å²) in [5.41, 5.74) is 0.338. The Morgan fingerprint density at radius 2 is 1.89 bits per heavy atom. The molecule has 0 aliphatic heterocycles. The zero-order chi connectivity index (χ0) is 13.8. The standard InChI is InChI=1S/C11H10ClF3O3/c1-2-17-10(16)9(12)7-3-5-8(6-4-7)18-11(13,14)15/h3-6,9H,2H2,1H3. The van der Waals surface area contributed by atoms with Crippen LogP contribution in [0.1, 0.15) is 17.9 Å². The van der Waals surface area contributed by atoms with E-state index in [-0.39, 0.29) is 12.4 Å². The molecule has 0 heterocycles. The van der Waals surface area contributed by atoms with Gasteiger partial charge in [-0.1, -0.05) is 12.1 Å². The smallest absolute Gasteiger partial charge is 0.465 e. The highest BCUT2D eigenvalue weighted by Crippen LogP contribution is 2.27. The van der Waals surface area contributed by atoms with Crippen LogP contribution in [0.4, 0.5) is 13.2 Å². The molecule has 1 aromatic carbocycles. The van der Waals surface area contributed by atoms with Crippen LogP contribution in [-0.4, -0.2) is 18.9 Å². The SMILES string of the molecule is CCOC(=O)C(Cl)c1ccc(OC(F)(F)F)cc1. The molecule has 1 rings (SSSR count). The average Bonchev–Trinajstić information content (AvgIpc) is 2.27. The molecule has 100 valence electrons. The van der Waals surface area contributed by atoms with E-state index in [9.17, 15) is 18.0 Å². The Kier molecular flexibility index (Phi) is 4.84. The van der Waals surface area contributed by atoms with Gasteiger partial charge in [-0.05, 0) is 24.6 Å². The second-order valence-corrected chi connectivity index (χ2v) is 3.67. The van der Waals surface area contributed by atoms with Crippen LogP contribution in [0.3, 0.4) is 0 Å². The molecule has 1 atom stereocenters. The van der Waals surface area contributed by atoms with E-state index in [4.69, 9.17) is 11.6 Å². The number of hydrogen-bond acceptors (Lipinski definition) is 3. The van der Waals surface area contributed by atoms with E-state index in [0.717, 1.165) is 12.1 Å². The van der Waals surface area contributed by atoms with Crippen molar-refractivity contribution in [3.8, 4) is 5.75 Å². The number of carbonyl (C=O) groups excluding carboxylic acids is 1. The maximum atomic E-state index is 11.9. The van der Waals surface area contributed by atoms with Gasteiger partial charge in [-0.2, -0.15) is 0 Å². The first-order chi connectivity index (χ1) is 8.33. The number of rotatable bonds is 4. The molecule has 18 heavy (non-hydrogen) atoms. The third kappa shape index (κ3) is 4.44. The van der Waals surface area contributed by atoms with Crippen molar-refractivity contribution in [2.75, 3.05) is 6.61 Å². The van der Waals surface area contributed by atoms with E-state index in [1.54, 1.807) is 6.92 Å². The molecule has 0 aliphatic carbocycles. The molecule has 0 aromatic heterocycles. The number of alkyl halides is 4. The van der Waals surface area contributed by atoms with E-state index < -0.39 is 17.7 Å². The molecular formula is C11H10ClF3O3. The lowest BCUT2D eigenvalue weighted by atomic mass is 10.1. The third-order valence-corrected chi connectivity index (χ3v) is 2.33. The predicted molar refractivity (Wildman–Crippen MR) is 58.4 cm³/mol. The van der Waals surface area contributed by atoms with Crippen molar-refractivity contribution in [1.82, 2.24) is 0 Å². The first-order valence-electron chi connectivity index (χ1n) is 5.00. The minimum atomic E-state index is -4.75. The van der Waals surface area contributed by atoms with Gasteiger partial charge in [-0.25, -0.2) is 0 Å². The maximum Gasteiger partial charge on any atom is 0.573 e. The van der Waals surface area contributed by atoms with Gasteiger partial charge in [0.2, 0.25) is 0 Å². The highest BCUT2D eigenvalue weighted by molar-refractivity contribution is 6.29. The Bertz CT molecular complexity index is 403. The van der Waals surface area contributed by atoms with E-state index in [1.165, 1.54) is 12.1 Å². The van der Waals surface area contributed by atoms with Crippen LogP contribution in [0.2, 0.25) is 0 Å². The Labute approximate surface area is 106 Å². The van der Waals surface area contributed by atoms with Crippen LogP contribution < -0.4 is 4.74 Å². The van der Waals surface area contributed by atoms with Gasteiger partial charge < -0.3 is 9.47 Å². The van der Waals surface area contributed by atoms with Crippen molar-refractivity contribution >= 4 is 17.6 Å². The van der Waals surface area contributed by atoms with E-state index in [0.29, 0.717) is 5.56 Å². The van der Waals surface area contributed by atoms with Crippen molar-refractivity contribution in [1.29, 1.82) is 0 Å². The van der Waals surface area contributed by atoms with Crippen LogP contribution in [0.5, 0.6) is 5.75 Å². The fourth-order valence-electron chi connectivity index (χ4n) is 1.19. The van der Waals surface area contributed by atoms with Crippen LogP contribution in [0, 0.1) is 0 Å². The maximum absolute atomic E-state index is 11.9. The van der Waals surface area contributed by atoms with Crippen LogP contribution in [-0.2, 0) is 9.53 Å². The van der Waals surface area contributed by atoms with Gasteiger partial charge in [0.25, 0.3) is 0 Å². The molecule has 0 saturated heterocycles. The minimum Gasteiger partial charge on any atom is -0.465 e. The Morgan fingerprint density at radius 1 is 1.33 bits per heavy atom. The Balaban J connectivity index is 2.73. The molecule has 7 heteroatoms. The third-order valence-electron chi connectivity index (χ3n) is 1.90. The van der Waals surface area contributed by atoms with Gasteiger partial charge in [-0.3, -0.25) is 4.79 Å². The topological polar surface area (TPSA) is 35.5 Å². The average molecular weight is 283 g/mol. The Hall–Kier alpha value is -1.43. The number of benzene rings is 1. The summed E-state index contributed by atoms with van der Waals surface area (Å²) in [4.78, 5) is 11.3. The van der Waals surface area contributed by atoms with E-state index in [2.05, 4.69) is 9.47 Å². The van der Waals surface area contributed by atoms with Crippen molar-refractivity contribution < 1.29 is 27.4 Å². The van der Waals surface area contributed by atoms with Crippen LogP contribution in [0.25, 0.3) is 0 Å². The molecule has 0 spiro atoms. The molecule has 0 radical (unpaired) electrons. The predicted octanol–water partition coefficient (Wildman–Crippen LogP) is 3.43. The van der Waals surface area contributed by atoms with Crippen molar-refractivity contribution in [2.45, 2.75) is 18.7 Å². The first kappa shape index (κ1) is 14.6. The quantitative estimate of drug-likeness (QED) is 0.627. The number of esters is 1. The lowest BCUT2D eigenvalue weighted by molar-refractivity contribution is -0.274. The molecule has 0 N–H and O–H groups in total. The number of ether oxygens (including phenoxy) is 2. The normalized spacial score (nSPS) is 12.9. The second kappa shape index (κ2) is 5.95. The number of carbonyl (C=O) groups is 1. The fraction of sp³-hybridized carbons (Fsp3) is 0.364. The van der Waals surface area contributed by atoms with Crippen molar-refractivity contribution in [3.05, 3.63) is 29.8 Å². The lowest BCUT2D eigenvalue weighted by Gasteiger charge is -2.11. The zero-order valence-electron chi connectivity index (χ0n) is 9.33. The van der Waals surface area contributed by atoms with Crippen molar-refractivity contribution in [2.24, 2.45) is 0 Å². The van der Waals surface area contributed by atoms with E-state index in [1.807, 2.05) is 0 Å². The molecule has 0 aliphatic rings. The summed E-state index contributed by atoms with van der Waals surface area (Å²) in [5.74, 6) is -1.03. The summed E-state index contributed by atoms with van der Waals surface area (Å²) in [6.45, 7) is 1.80. The van der Waals surface area contributed by atoms with Crippen LogP contribution in [0.15, 0.2) is 24.3 Å². The van der Waals surface area contributed by atoms with Crippen molar-refractivity contribution in [3.63, 3.8) is 0 Å². The summed E-state index contributed by atoms with van der Waals surface area (Å²) in [7, 11) is 0. The molecule has 0 bridgehead atoms. The molecule has 1 unspecified atom stereocenters. The molecule has 0 amide bonds. The van der Waals surface area contributed by atoms with Gasteiger partial charge in [-0.15, -0.1) is 24.8 Å². The molecule has 0 saturated carbocycles. The summed E-state index contributed by atoms with van der Waals surface area (Å²) in [6, 6.07) is 4.71. The largest absolute Gasteiger partial charge is 0.573 e. The van der Waals surface area contributed by atoms with Gasteiger partial charge >= 0.3 is 12.3 Å². The zero-order valence-corrected chi connectivity index (χ0v) is 10.1. The highest BCUT2D eigenvalue weighted by atomic mass is 35.5. The Morgan fingerprint density at radius 3 is 2.33 bits per heavy atom. The monoisotopic (exact) mass is 282 g/mol. The molecular weight excluding hydrogens is 273 g/mol. The first-order valence-corrected chi connectivity index (χ1v) is 5.43. The molecule has 1 aromatic rings. The van der Waals surface area contributed by atoms with Crippen LogP contribution >= 0.6 is 11.6 Å². The number of halogens is 4.